The number of halogens is 2. The van der Waals surface area contributed by atoms with Gasteiger partial charge in [-0.15, -0.1) is 0 Å². The normalized spacial score (nSPS) is 33.4. The molecule has 0 aliphatic carbocycles. The fourth-order valence-corrected chi connectivity index (χ4v) is 5.90. The summed E-state index contributed by atoms with van der Waals surface area (Å²) in [5.41, 5.74) is -2.69. The van der Waals surface area contributed by atoms with Gasteiger partial charge in [-0.3, -0.25) is 4.79 Å². The molecule has 1 N–H and O–H groups in total. The maximum Gasteiger partial charge on any atom is 0.301 e. The van der Waals surface area contributed by atoms with Crippen molar-refractivity contribution in [3.8, 4) is 0 Å². The van der Waals surface area contributed by atoms with Gasteiger partial charge in [0.05, 0.1) is 0 Å². The smallest absolute Gasteiger partial charge is 0.301 e. The van der Waals surface area contributed by atoms with Crippen LogP contribution in [0.25, 0.3) is 0 Å². The number of amides is 1. The van der Waals surface area contributed by atoms with Crippen molar-refractivity contribution in [3.63, 3.8) is 0 Å². The lowest BCUT2D eigenvalue weighted by Crippen LogP contribution is -2.63. The molecule has 0 spiro atoms. The Kier molecular flexibility index (Phi) is 5.86. The second-order valence-corrected chi connectivity index (χ2v) is 21.3. The van der Waals surface area contributed by atoms with Crippen molar-refractivity contribution in [3.05, 3.63) is 0 Å². The zero-order chi connectivity index (χ0) is 23.0. The van der Waals surface area contributed by atoms with E-state index in [-0.39, 0.29) is 16.6 Å². The van der Waals surface area contributed by atoms with E-state index in [9.17, 15) is 9.90 Å². The zero-order valence-electron chi connectivity index (χ0n) is 19.8. The van der Waals surface area contributed by atoms with Crippen molar-refractivity contribution in [2.24, 2.45) is 5.92 Å². The molecule has 0 aromatic heterocycles. The van der Waals surface area contributed by atoms with Crippen LogP contribution in [0.2, 0.25) is 36.3 Å². The van der Waals surface area contributed by atoms with E-state index in [2.05, 4.69) is 0 Å². The molecular formula is C20H39F2NO4Si2. The van der Waals surface area contributed by atoms with Gasteiger partial charge in [0, 0.05) is 12.5 Å². The quantitative estimate of drug-likeness (QED) is 0.636. The SMILES string of the molecule is C[C@H]1CN2C(=O)[C@H](O[Si](C)(C)C(C)(C)C)[C@@H](O[Si](C)(C)C(C)(C)C)[C@]2(O)C1(F)F. The van der Waals surface area contributed by atoms with Crippen molar-refractivity contribution in [2.45, 2.75) is 109 Å². The zero-order valence-corrected chi connectivity index (χ0v) is 21.8. The van der Waals surface area contributed by atoms with Gasteiger partial charge in [0.25, 0.3) is 5.91 Å². The Labute approximate surface area is 176 Å². The van der Waals surface area contributed by atoms with E-state index >= 15 is 8.78 Å². The number of aliphatic hydroxyl groups is 1. The average Bonchev–Trinajstić information content (AvgIpc) is 2.79. The largest absolute Gasteiger partial charge is 0.406 e. The van der Waals surface area contributed by atoms with Crippen molar-refractivity contribution in [1.29, 1.82) is 0 Å². The number of hydrogen-bond acceptors (Lipinski definition) is 4. The number of alkyl halides is 2. The van der Waals surface area contributed by atoms with Crippen molar-refractivity contribution in [1.82, 2.24) is 4.90 Å². The molecular weight excluding hydrogens is 412 g/mol. The summed E-state index contributed by atoms with van der Waals surface area (Å²) in [6, 6.07) is 0. The van der Waals surface area contributed by atoms with Gasteiger partial charge in [0.1, 0.15) is 6.10 Å². The third kappa shape index (κ3) is 3.64. The first-order valence-electron chi connectivity index (χ1n) is 10.4. The molecule has 2 aliphatic heterocycles. The van der Waals surface area contributed by atoms with Crippen molar-refractivity contribution < 1.29 is 27.5 Å². The molecule has 4 atom stereocenters. The van der Waals surface area contributed by atoms with E-state index < -0.39 is 52.3 Å². The number of carbonyl (C=O) groups excluding carboxylic acids is 1. The number of hydrogen-bond donors (Lipinski definition) is 1. The standard InChI is InChI=1S/C20H39F2NO4Si2/c1-13-12-23-16(24)14(26-28(8,9)17(2,3)4)15(20(23,25)19(13,21)22)27-29(10,11)18(5,6)7/h13-15,25H,12H2,1-11H3/t13-,14+,15+,20-/m0/s1. The van der Waals surface area contributed by atoms with Crippen LogP contribution in [-0.4, -0.2) is 62.9 Å². The maximum atomic E-state index is 15.3. The lowest BCUT2D eigenvalue weighted by Gasteiger charge is -2.45. The molecule has 0 unspecified atom stereocenters. The summed E-state index contributed by atoms with van der Waals surface area (Å²) in [5, 5.41) is 10.8. The van der Waals surface area contributed by atoms with Crippen LogP contribution in [0.15, 0.2) is 0 Å². The molecule has 5 nitrogen and oxygen atoms in total. The van der Waals surface area contributed by atoms with Gasteiger partial charge in [-0.05, 0) is 36.3 Å². The van der Waals surface area contributed by atoms with Gasteiger partial charge < -0.3 is 18.9 Å². The van der Waals surface area contributed by atoms with Crippen LogP contribution in [0.4, 0.5) is 8.78 Å². The van der Waals surface area contributed by atoms with Crippen LogP contribution in [-0.2, 0) is 13.6 Å². The van der Waals surface area contributed by atoms with Gasteiger partial charge in [0.15, 0.2) is 22.7 Å². The summed E-state index contributed by atoms with van der Waals surface area (Å²) < 4.78 is 43.2. The highest BCUT2D eigenvalue weighted by Gasteiger charge is 2.77. The first kappa shape index (κ1) is 24.9. The Morgan fingerprint density at radius 3 is 1.83 bits per heavy atom. The topological polar surface area (TPSA) is 59.0 Å². The van der Waals surface area contributed by atoms with Crippen LogP contribution in [0.3, 0.4) is 0 Å². The summed E-state index contributed by atoms with van der Waals surface area (Å²) in [4.78, 5) is 14.2. The van der Waals surface area contributed by atoms with Gasteiger partial charge in [-0.25, -0.2) is 8.78 Å². The second-order valence-electron chi connectivity index (χ2n) is 11.8. The first-order chi connectivity index (χ1) is 12.6. The van der Waals surface area contributed by atoms with E-state index in [0.29, 0.717) is 0 Å². The Bertz CT molecular complexity index is 672. The Morgan fingerprint density at radius 1 is 1.00 bits per heavy atom. The van der Waals surface area contributed by atoms with Gasteiger partial charge in [-0.1, -0.05) is 48.5 Å². The van der Waals surface area contributed by atoms with E-state index in [1.165, 1.54) is 6.92 Å². The Morgan fingerprint density at radius 2 is 1.41 bits per heavy atom. The molecule has 1 amide bonds. The van der Waals surface area contributed by atoms with E-state index in [4.69, 9.17) is 8.85 Å². The molecule has 0 aromatic carbocycles. The molecule has 29 heavy (non-hydrogen) atoms. The number of carbonyl (C=O) groups is 1. The molecule has 9 heteroatoms. The minimum absolute atomic E-state index is 0.211. The molecule has 2 heterocycles. The highest BCUT2D eigenvalue weighted by Crippen LogP contribution is 2.55. The minimum atomic E-state index is -3.48. The molecule has 0 saturated carbocycles. The number of nitrogens with zero attached hydrogens (tertiary/aromatic N) is 1. The van der Waals surface area contributed by atoms with E-state index in [1.807, 2.05) is 67.7 Å². The van der Waals surface area contributed by atoms with Crippen LogP contribution < -0.4 is 0 Å². The molecule has 2 saturated heterocycles. The first-order valence-corrected chi connectivity index (χ1v) is 16.2. The minimum Gasteiger partial charge on any atom is -0.406 e. The Hall–Kier alpha value is -0.356. The van der Waals surface area contributed by atoms with Crippen molar-refractivity contribution in [2.75, 3.05) is 6.54 Å². The van der Waals surface area contributed by atoms with Crippen LogP contribution in [0.1, 0.15) is 48.5 Å². The van der Waals surface area contributed by atoms with Crippen LogP contribution >= 0.6 is 0 Å². The fourth-order valence-electron chi connectivity index (χ4n) is 3.41. The molecule has 2 aliphatic rings. The summed E-state index contributed by atoms with van der Waals surface area (Å²) in [7, 11) is -5.08. The van der Waals surface area contributed by atoms with Crippen LogP contribution in [0.5, 0.6) is 0 Å². The maximum absolute atomic E-state index is 15.3. The number of rotatable bonds is 4. The van der Waals surface area contributed by atoms with Gasteiger partial charge in [0.2, 0.25) is 5.72 Å². The molecule has 2 fully saturated rings. The summed E-state index contributed by atoms with van der Waals surface area (Å²) in [6.45, 7) is 21.0. The highest BCUT2D eigenvalue weighted by atomic mass is 28.4. The Balaban J connectivity index is 2.57. The molecule has 0 aromatic rings. The predicted molar refractivity (Wildman–Crippen MR) is 115 cm³/mol. The lowest BCUT2D eigenvalue weighted by molar-refractivity contribution is -0.249. The van der Waals surface area contributed by atoms with E-state index in [0.717, 1.165) is 4.90 Å². The molecule has 170 valence electrons. The van der Waals surface area contributed by atoms with Crippen LogP contribution in [0, 0.1) is 5.92 Å². The highest BCUT2D eigenvalue weighted by molar-refractivity contribution is 6.74. The molecule has 0 bridgehead atoms. The summed E-state index contributed by atoms with van der Waals surface area (Å²) in [6.07, 6.45) is -2.65. The van der Waals surface area contributed by atoms with Crippen molar-refractivity contribution >= 4 is 22.5 Å². The third-order valence-corrected chi connectivity index (χ3v) is 16.5. The average molecular weight is 452 g/mol. The summed E-state index contributed by atoms with van der Waals surface area (Å²) in [5.74, 6) is -5.23. The van der Waals surface area contributed by atoms with Gasteiger partial charge >= 0.3 is 5.92 Å². The third-order valence-electron chi connectivity index (χ3n) is 7.61. The van der Waals surface area contributed by atoms with Gasteiger partial charge in [-0.2, -0.15) is 0 Å². The molecule has 2 rings (SSSR count). The fraction of sp³-hybridized carbons (Fsp3) is 0.950. The monoisotopic (exact) mass is 451 g/mol. The molecule has 0 radical (unpaired) electrons. The lowest BCUT2D eigenvalue weighted by atomic mass is 9.94. The number of fused-ring (bicyclic) bond motifs is 1. The predicted octanol–water partition coefficient (Wildman–Crippen LogP) is 4.58. The second kappa shape index (κ2) is 6.82. The summed E-state index contributed by atoms with van der Waals surface area (Å²) >= 11 is 0. The van der Waals surface area contributed by atoms with E-state index in [1.54, 1.807) is 0 Å².